The summed E-state index contributed by atoms with van der Waals surface area (Å²) >= 11 is 0. The van der Waals surface area contributed by atoms with Crippen LogP contribution in [0.3, 0.4) is 0 Å². The minimum atomic E-state index is 0.376. The van der Waals surface area contributed by atoms with Crippen LogP contribution >= 0.6 is 0 Å². The maximum Gasteiger partial charge on any atom is 0.177 e. The van der Waals surface area contributed by atoms with Crippen LogP contribution in [0.15, 0.2) is 67.0 Å². The van der Waals surface area contributed by atoms with Gasteiger partial charge in [-0.3, -0.25) is 4.98 Å². The topological polar surface area (TPSA) is 92.7 Å². The maximum atomic E-state index is 8.90. The number of hydrogen-bond donors (Lipinski definition) is 0. The first-order chi connectivity index (χ1) is 13.8. The van der Waals surface area contributed by atoms with E-state index < -0.39 is 0 Å². The van der Waals surface area contributed by atoms with Gasteiger partial charge >= 0.3 is 0 Å². The second-order valence-corrected chi connectivity index (χ2v) is 6.36. The van der Waals surface area contributed by atoms with Gasteiger partial charge in [0.1, 0.15) is 11.8 Å². The minimum absolute atomic E-state index is 0.376. The third-order valence-electron chi connectivity index (χ3n) is 4.53. The molecule has 0 bridgehead atoms. The van der Waals surface area contributed by atoms with E-state index in [2.05, 4.69) is 31.3 Å². The van der Waals surface area contributed by atoms with E-state index in [1.807, 2.05) is 48.5 Å². The molecule has 4 aromatic heterocycles. The Kier molecular flexibility index (Phi) is 3.73. The molecule has 0 unspecified atom stereocenters. The molecule has 0 aliphatic heterocycles. The lowest BCUT2D eigenvalue weighted by atomic mass is 10.1. The Morgan fingerprint density at radius 2 is 1.93 bits per heavy atom. The third-order valence-corrected chi connectivity index (χ3v) is 4.53. The summed E-state index contributed by atoms with van der Waals surface area (Å²) in [7, 11) is 0. The van der Waals surface area contributed by atoms with Crippen LogP contribution in [-0.2, 0) is 6.42 Å². The van der Waals surface area contributed by atoms with Crippen molar-refractivity contribution in [2.24, 2.45) is 0 Å². The van der Waals surface area contributed by atoms with Crippen molar-refractivity contribution in [1.29, 1.82) is 5.26 Å². The Hall–Kier alpha value is -4.18. The van der Waals surface area contributed by atoms with Crippen molar-refractivity contribution in [1.82, 2.24) is 29.8 Å². The van der Waals surface area contributed by atoms with Gasteiger partial charge in [0, 0.05) is 29.8 Å². The van der Waals surface area contributed by atoms with Gasteiger partial charge in [0.15, 0.2) is 11.5 Å². The molecule has 1 aromatic carbocycles. The van der Waals surface area contributed by atoms with Crippen LogP contribution in [-0.4, -0.2) is 29.8 Å². The molecule has 5 aromatic rings. The van der Waals surface area contributed by atoms with Gasteiger partial charge in [0.2, 0.25) is 0 Å². The van der Waals surface area contributed by atoms with E-state index in [0.717, 1.165) is 33.5 Å². The molecule has 0 atom stereocenters. The minimum Gasteiger partial charge on any atom is -0.256 e. The van der Waals surface area contributed by atoms with Crippen molar-refractivity contribution in [2.75, 3.05) is 0 Å². The van der Waals surface area contributed by atoms with E-state index in [9.17, 15) is 0 Å². The Balaban J connectivity index is 1.52. The van der Waals surface area contributed by atoms with Gasteiger partial charge in [-0.05, 0) is 48.0 Å². The van der Waals surface area contributed by atoms with Crippen LogP contribution in [0.25, 0.3) is 27.8 Å². The van der Waals surface area contributed by atoms with E-state index in [0.29, 0.717) is 17.8 Å². The highest BCUT2D eigenvalue weighted by molar-refractivity contribution is 5.79. The van der Waals surface area contributed by atoms with Gasteiger partial charge in [-0.1, -0.05) is 12.1 Å². The highest BCUT2D eigenvalue weighted by Crippen LogP contribution is 2.19. The Morgan fingerprint density at radius 1 is 0.964 bits per heavy atom. The average molecular weight is 363 g/mol. The lowest BCUT2D eigenvalue weighted by molar-refractivity contribution is 0.842. The third kappa shape index (κ3) is 2.83. The molecule has 0 N–H and O–H groups in total. The van der Waals surface area contributed by atoms with Gasteiger partial charge in [-0.25, -0.2) is 4.98 Å². The molecule has 0 saturated carbocycles. The van der Waals surface area contributed by atoms with E-state index in [1.54, 1.807) is 23.0 Å². The summed E-state index contributed by atoms with van der Waals surface area (Å²) in [5.41, 5.74) is 4.71. The molecule has 0 saturated heterocycles. The summed E-state index contributed by atoms with van der Waals surface area (Å²) in [6.45, 7) is 0. The van der Waals surface area contributed by atoms with E-state index in [4.69, 9.17) is 5.26 Å². The Bertz CT molecular complexity index is 1350. The Morgan fingerprint density at radius 3 is 2.79 bits per heavy atom. The number of rotatable bonds is 3. The summed E-state index contributed by atoms with van der Waals surface area (Å²) in [6, 6.07) is 19.4. The van der Waals surface area contributed by atoms with Gasteiger partial charge < -0.3 is 0 Å². The summed E-state index contributed by atoms with van der Waals surface area (Å²) in [4.78, 5) is 8.47. The second-order valence-electron chi connectivity index (χ2n) is 6.36. The normalized spacial score (nSPS) is 11.0. The quantitative estimate of drug-likeness (QED) is 0.489. The van der Waals surface area contributed by atoms with Crippen molar-refractivity contribution in [3.63, 3.8) is 0 Å². The standard InChI is InChI=1S/C21H13N7/c22-12-17-5-4-16(13-24-17)19-7-8-20-25-26-21(28(20)27-19)11-14-3-6-18-15(10-14)2-1-9-23-18/h1-10,13H,11H2. The van der Waals surface area contributed by atoms with Crippen molar-refractivity contribution < 1.29 is 0 Å². The van der Waals surface area contributed by atoms with E-state index >= 15 is 0 Å². The smallest absolute Gasteiger partial charge is 0.177 e. The maximum absolute atomic E-state index is 8.90. The van der Waals surface area contributed by atoms with Crippen molar-refractivity contribution in [2.45, 2.75) is 6.42 Å². The molecule has 0 aliphatic carbocycles. The number of nitriles is 1. The number of benzene rings is 1. The summed E-state index contributed by atoms with van der Waals surface area (Å²) < 4.78 is 1.75. The zero-order chi connectivity index (χ0) is 18.9. The summed E-state index contributed by atoms with van der Waals surface area (Å²) in [6.07, 6.45) is 4.04. The first kappa shape index (κ1) is 16.0. The van der Waals surface area contributed by atoms with Gasteiger partial charge in [0.05, 0.1) is 11.2 Å². The number of hydrogen-bond acceptors (Lipinski definition) is 6. The predicted octanol–water partition coefficient (Wildman–Crippen LogP) is 3.20. The lowest BCUT2D eigenvalue weighted by Crippen LogP contribution is -2.01. The first-order valence-electron chi connectivity index (χ1n) is 8.72. The highest BCUT2D eigenvalue weighted by Gasteiger charge is 2.10. The first-order valence-corrected chi connectivity index (χ1v) is 8.72. The molecule has 7 nitrogen and oxygen atoms in total. The highest BCUT2D eigenvalue weighted by atomic mass is 15.4. The van der Waals surface area contributed by atoms with E-state index in [1.165, 1.54) is 0 Å². The molecule has 0 radical (unpaired) electrons. The summed E-state index contributed by atoms with van der Waals surface area (Å²) in [5.74, 6) is 0.752. The van der Waals surface area contributed by atoms with Crippen molar-refractivity contribution >= 4 is 16.6 Å². The van der Waals surface area contributed by atoms with E-state index in [-0.39, 0.29) is 0 Å². The molecule has 0 amide bonds. The SMILES string of the molecule is N#Cc1ccc(-c2ccc3nnc(Cc4ccc5ncccc5c4)n3n2)cn1. The van der Waals surface area contributed by atoms with Gasteiger partial charge in [0.25, 0.3) is 0 Å². The number of pyridine rings is 2. The molecule has 0 spiro atoms. The number of nitrogens with zero attached hydrogens (tertiary/aromatic N) is 7. The van der Waals surface area contributed by atoms with Crippen LogP contribution in [0, 0.1) is 11.3 Å². The monoisotopic (exact) mass is 363 g/mol. The number of aromatic nitrogens is 6. The van der Waals surface area contributed by atoms with Crippen LogP contribution in [0.1, 0.15) is 17.1 Å². The fourth-order valence-corrected chi connectivity index (χ4v) is 3.13. The fraction of sp³-hybridized carbons (Fsp3) is 0.0476. The summed E-state index contributed by atoms with van der Waals surface area (Å²) in [5, 5.41) is 23.2. The molecule has 4 heterocycles. The Labute approximate surface area is 160 Å². The molecule has 5 rings (SSSR count). The molecular weight excluding hydrogens is 350 g/mol. The van der Waals surface area contributed by atoms with Crippen LogP contribution in [0.4, 0.5) is 0 Å². The van der Waals surface area contributed by atoms with Crippen LogP contribution in [0.2, 0.25) is 0 Å². The van der Waals surface area contributed by atoms with Gasteiger partial charge in [-0.15, -0.1) is 10.2 Å². The average Bonchev–Trinajstić information content (AvgIpc) is 3.16. The van der Waals surface area contributed by atoms with Crippen LogP contribution < -0.4 is 0 Å². The number of fused-ring (bicyclic) bond motifs is 2. The van der Waals surface area contributed by atoms with Crippen LogP contribution in [0.5, 0.6) is 0 Å². The molecule has 7 heteroatoms. The van der Waals surface area contributed by atoms with Gasteiger partial charge in [-0.2, -0.15) is 14.9 Å². The van der Waals surface area contributed by atoms with Crippen molar-refractivity contribution in [3.05, 3.63) is 84.1 Å². The zero-order valence-electron chi connectivity index (χ0n) is 14.7. The molecule has 132 valence electrons. The predicted molar refractivity (Wildman–Crippen MR) is 103 cm³/mol. The molecule has 28 heavy (non-hydrogen) atoms. The second kappa shape index (κ2) is 6.52. The molecule has 0 aliphatic rings. The van der Waals surface area contributed by atoms with Crippen molar-refractivity contribution in [3.8, 4) is 17.3 Å². The molecule has 0 fully saturated rings. The fourth-order valence-electron chi connectivity index (χ4n) is 3.13. The zero-order valence-corrected chi connectivity index (χ0v) is 14.7. The molecular formula is C21H13N7. The lowest BCUT2D eigenvalue weighted by Gasteiger charge is -2.04. The largest absolute Gasteiger partial charge is 0.256 e.